The highest BCUT2D eigenvalue weighted by Crippen LogP contribution is 2.13. The van der Waals surface area contributed by atoms with Crippen LogP contribution in [-0.4, -0.2) is 32.5 Å². The van der Waals surface area contributed by atoms with Crippen molar-refractivity contribution in [3.63, 3.8) is 0 Å². The molecule has 0 aliphatic heterocycles. The van der Waals surface area contributed by atoms with Gasteiger partial charge in [0, 0.05) is 18.4 Å². The Labute approximate surface area is 123 Å². The summed E-state index contributed by atoms with van der Waals surface area (Å²) in [5.41, 5.74) is 7.68. The molecule has 0 aliphatic rings. The molecule has 2 heterocycles. The second kappa shape index (κ2) is 6.65. The minimum absolute atomic E-state index is 0.0318. The van der Waals surface area contributed by atoms with Crippen LogP contribution in [0, 0.1) is 6.92 Å². The van der Waals surface area contributed by atoms with E-state index in [4.69, 9.17) is 10.9 Å². The van der Waals surface area contributed by atoms with E-state index in [2.05, 4.69) is 20.1 Å². The summed E-state index contributed by atoms with van der Waals surface area (Å²) < 4.78 is 0. The van der Waals surface area contributed by atoms with Gasteiger partial charge in [0.2, 0.25) is 5.95 Å². The molecule has 0 spiro atoms. The van der Waals surface area contributed by atoms with Gasteiger partial charge in [-0.2, -0.15) is 0 Å². The summed E-state index contributed by atoms with van der Waals surface area (Å²) in [6.45, 7) is 5.16. The smallest absolute Gasteiger partial charge is 0.226 e. The Morgan fingerprint density at radius 1 is 1.38 bits per heavy atom. The molecule has 0 aliphatic carbocycles. The van der Waals surface area contributed by atoms with Crippen molar-refractivity contribution in [1.82, 2.24) is 15.0 Å². The molecule has 7 heteroatoms. The average Bonchev–Trinajstić information content (AvgIpc) is 2.52. The summed E-state index contributed by atoms with van der Waals surface area (Å²) in [4.78, 5) is 15.0. The van der Waals surface area contributed by atoms with Crippen molar-refractivity contribution in [2.24, 2.45) is 10.9 Å². The van der Waals surface area contributed by atoms with Gasteiger partial charge in [-0.1, -0.05) is 11.2 Å². The molecule has 3 N–H and O–H groups in total. The van der Waals surface area contributed by atoms with E-state index in [1.165, 1.54) is 0 Å². The molecule has 110 valence electrons. The summed E-state index contributed by atoms with van der Waals surface area (Å²) in [7, 11) is 0. The Bertz CT molecular complexity index is 629. The van der Waals surface area contributed by atoms with Crippen LogP contribution in [0.1, 0.15) is 24.0 Å². The highest BCUT2D eigenvalue weighted by molar-refractivity contribution is 5.95. The first kappa shape index (κ1) is 14.7. The van der Waals surface area contributed by atoms with Gasteiger partial charge in [-0.15, -0.1) is 0 Å². The highest BCUT2D eigenvalue weighted by Gasteiger charge is 2.12. The van der Waals surface area contributed by atoms with Gasteiger partial charge in [0.25, 0.3) is 0 Å². The summed E-state index contributed by atoms with van der Waals surface area (Å²) in [6.07, 6.45) is 1.75. The van der Waals surface area contributed by atoms with E-state index < -0.39 is 0 Å². The normalized spacial score (nSPS) is 11.4. The SMILES string of the molecule is CCN(Cc1ccccn1)c1nc(C)cc(/C(N)=N/O)n1. The third-order valence-corrected chi connectivity index (χ3v) is 2.96. The van der Waals surface area contributed by atoms with Crippen LogP contribution < -0.4 is 10.6 Å². The molecule has 7 nitrogen and oxygen atoms in total. The van der Waals surface area contributed by atoms with Crippen molar-refractivity contribution in [2.45, 2.75) is 20.4 Å². The number of hydrogen-bond donors (Lipinski definition) is 2. The number of oxime groups is 1. The first-order valence-corrected chi connectivity index (χ1v) is 6.62. The monoisotopic (exact) mass is 286 g/mol. The lowest BCUT2D eigenvalue weighted by Gasteiger charge is -2.21. The van der Waals surface area contributed by atoms with Gasteiger partial charge in [-0.25, -0.2) is 9.97 Å². The molecule has 0 atom stereocenters. The molecule has 2 aromatic rings. The minimum atomic E-state index is -0.0318. The molecule has 0 radical (unpaired) electrons. The average molecular weight is 286 g/mol. The van der Waals surface area contributed by atoms with Crippen LogP contribution in [-0.2, 0) is 6.54 Å². The van der Waals surface area contributed by atoms with Gasteiger partial charge in [0.15, 0.2) is 5.84 Å². The topological polar surface area (TPSA) is 101 Å². The van der Waals surface area contributed by atoms with Crippen molar-refractivity contribution in [3.05, 3.63) is 47.5 Å². The van der Waals surface area contributed by atoms with Crippen LogP contribution in [0.4, 0.5) is 5.95 Å². The van der Waals surface area contributed by atoms with E-state index in [1.54, 1.807) is 12.3 Å². The summed E-state index contributed by atoms with van der Waals surface area (Å²) in [5, 5.41) is 11.8. The number of aromatic nitrogens is 3. The van der Waals surface area contributed by atoms with Gasteiger partial charge in [-0.3, -0.25) is 4.98 Å². The highest BCUT2D eigenvalue weighted by atomic mass is 16.4. The number of hydrogen-bond acceptors (Lipinski definition) is 6. The quantitative estimate of drug-likeness (QED) is 0.372. The van der Waals surface area contributed by atoms with Crippen molar-refractivity contribution >= 4 is 11.8 Å². The van der Waals surface area contributed by atoms with Gasteiger partial charge in [0.1, 0.15) is 5.69 Å². The third kappa shape index (κ3) is 3.65. The molecular formula is C14H18N6O. The maximum absolute atomic E-state index is 8.78. The predicted octanol–water partition coefficient (Wildman–Crippen LogP) is 1.30. The first-order valence-electron chi connectivity index (χ1n) is 6.62. The fourth-order valence-corrected chi connectivity index (χ4v) is 1.89. The number of aryl methyl sites for hydroxylation is 1. The number of nitrogens with zero attached hydrogens (tertiary/aromatic N) is 5. The molecule has 0 aromatic carbocycles. The van der Waals surface area contributed by atoms with Gasteiger partial charge >= 0.3 is 0 Å². The molecule has 0 unspecified atom stereocenters. The number of nitrogens with two attached hydrogens (primary N) is 1. The zero-order valence-corrected chi connectivity index (χ0v) is 12.1. The molecular weight excluding hydrogens is 268 g/mol. The number of amidine groups is 1. The molecule has 0 fully saturated rings. The van der Waals surface area contributed by atoms with Crippen LogP contribution in [0.15, 0.2) is 35.6 Å². The van der Waals surface area contributed by atoms with Crippen LogP contribution in [0.3, 0.4) is 0 Å². The molecule has 21 heavy (non-hydrogen) atoms. The molecule has 2 aromatic heterocycles. The molecule has 0 bridgehead atoms. The van der Waals surface area contributed by atoms with E-state index in [1.807, 2.05) is 36.9 Å². The van der Waals surface area contributed by atoms with Crippen molar-refractivity contribution in [3.8, 4) is 0 Å². The lowest BCUT2D eigenvalue weighted by molar-refractivity contribution is 0.318. The lowest BCUT2D eigenvalue weighted by Crippen LogP contribution is -2.26. The van der Waals surface area contributed by atoms with Crippen LogP contribution in [0.5, 0.6) is 0 Å². The largest absolute Gasteiger partial charge is 0.409 e. The Balaban J connectivity index is 2.31. The van der Waals surface area contributed by atoms with E-state index in [9.17, 15) is 0 Å². The fraction of sp³-hybridized carbons (Fsp3) is 0.286. The second-order valence-corrected chi connectivity index (χ2v) is 4.52. The van der Waals surface area contributed by atoms with Crippen molar-refractivity contribution in [2.75, 3.05) is 11.4 Å². The maximum Gasteiger partial charge on any atom is 0.226 e. The van der Waals surface area contributed by atoms with Gasteiger partial charge < -0.3 is 15.8 Å². The molecule has 0 saturated carbocycles. The van der Waals surface area contributed by atoms with E-state index >= 15 is 0 Å². The van der Waals surface area contributed by atoms with Crippen LogP contribution in [0.25, 0.3) is 0 Å². The lowest BCUT2D eigenvalue weighted by atomic mass is 10.3. The van der Waals surface area contributed by atoms with Crippen molar-refractivity contribution in [1.29, 1.82) is 0 Å². The van der Waals surface area contributed by atoms with Gasteiger partial charge in [-0.05, 0) is 32.0 Å². The number of pyridine rings is 1. The van der Waals surface area contributed by atoms with E-state index in [0.717, 1.165) is 17.9 Å². The molecule has 2 rings (SSSR count). The molecule has 0 saturated heterocycles. The molecule has 0 amide bonds. The van der Waals surface area contributed by atoms with Crippen LogP contribution >= 0.6 is 0 Å². The third-order valence-electron chi connectivity index (χ3n) is 2.96. The maximum atomic E-state index is 8.78. The van der Waals surface area contributed by atoms with E-state index in [-0.39, 0.29) is 5.84 Å². The summed E-state index contributed by atoms with van der Waals surface area (Å²) in [6, 6.07) is 7.44. The predicted molar refractivity (Wildman–Crippen MR) is 80.2 cm³/mol. The number of rotatable bonds is 5. The first-order chi connectivity index (χ1) is 10.1. The van der Waals surface area contributed by atoms with Gasteiger partial charge in [0.05, 0.1) is 12.2 Å². The standard InChI is InChI=1S/C14H18N6O/c1-3-20(9-11-6-4-5-7-16-11)14-17-10(2)8-12(18-14)13(15)19-21/h4-8,21H,3,9H2,1-2H3,(H2,15,19). The Hall–Kier alpha value is -2.70. The zero-order valence-electron chi connectivity index (χ0n) is 12.1. The zero-order chi connectivity index (χ0) is 15.2. The van der Waals surface area contributed by atoms with E-state index in [0.29, 0.717) is 18.2 Å². The minimum Gasteiger partial charge on any atom is -0.409 e. The summed E-state index contributed by atoms with van der Waals surface area (Å²) >= 11 is 0. The Morgan fingerprint density at radius 3 is 2.81 bits per heavy atom. The Kier molecular flexibility index (Phi) is 4.65. The van der Waals surface area contributed by atoms with Crippen LogP contribution in [0.2, 0.25) is 0 Å². The number of anilines is 1. The Morgan fingerprint density at radius 2 is 2.19 bits per heavy atom. The fourth-order valence-electron chi connectivity index (χ4n) is 1.89. The van der Waals surface area contributed by atoms with Crippen molar-refractivity contribution < 1.29 is 5.21 Å². The second-order valence-electron chi connectivity index (χ2n) is 4.52. The summed E-state index contributed by atoms with van der Waals surface area (Å²) in [5.74, 6) is 0.500.